The number of hydrogen-bond acceptors (Lipinski definition) is 1. The summed E-state index contributed by atoms with van der Waals surface area (Å²) < 4.78 is 65.9. The first-order chi connectivity index (χ1) is 9.36. The largest absolute Gasteiger partial charge is 0.435 e. The number of ether oxygens (including phenoxy) is 1. The Hall–Kier alpha value is -1.33. The van der Waals surface area contributed by atoms with Crippen molar-refractivity contribution in [3.05, 3.63) is 29.8 Å². The van der Waals surface area contributed by atoms with E-state index in [1.807, 2.05) is 0 Å². The molecule has 1 saturated carbocycles. The van der Waals surface area contributed by atoms with Crippen LogP contribution in [0, 0.1) is 5.92 Å². The maximum Gasteiger partial charge on any atom is 0.391 e. The van der Waals surface area contributed by atoms with Gasteiger partial charge in [0.25, 0.3) is 0 Å². The lowest BCUT2D eigenvalue weighted by molar-refractivity contribution is -0.182. The summed E-state index contributed by atoms with van der Waals surface area (Å²) in [6.07, 6.45) is -2.91. The molecule has 0 saturated heterocycles. The highest BCUT2D eigenvalue weighted by Gasteiger charge is 2.41. The lowest BCUT2D eigenvalue weighted by atomic mass is 9.78. The van der Waals surface area contributed by atoms with Crippen LogP contribution < -0.4 is 4.74 Å². The third kappa shape index (κ3) is 3.84. The molecule has 20 heavy (non-hydrogen) atoms. The van der Waals surface area contributed by atoms with Gasteiger partial charge < -0.3 is 4.74 Å². The van der Waals surface area contributed by atoms with Crippen molar-refractivity contribution in [1.82, 2.24) is 0 Å². The van der Waals surface area contributed by atoms with Gasteiger partial charge in [-0.15, -0.1) is 0 Å². The molecule has 0 bridgehead atoms. The molecule has 0 atom stereocenters. The first-order valence-corrected chi connectivity index (χ1v) is 6.47. The molecule has 0 amide bonds. The molecule has 0 unspecified atom stereocenters. The Kier molecular flexibility index (Phi) is 4.50. The van der Waals surface area contributed by atoms with Gasteiger partial charge in [-0.3, -0.25) is 0 Å². The van der Waals surface area contributed by atoms with E-state index in [-0.39, 0.29) is 24.5 Å². The zero-order valence-corrected chi connectivity index (χ0v) is 10.7. The van der Waals surface area contributed by atoms with E-state index in [9.17, 15) is 22.0 Å². The van der Waals surface area contributed by atoms with Gasteiger partial charge in [0.15, 0.2) is 0 Å². The van der Waals surface area contributed by atoms with Crippen molar-refractivity contribution in [2.75, 3.05) is 0 Å². The Morgan fingerprint density at radius 2 is 1.50 bits per heavy atom. The van der Waals surface area contributed by atoms with Crippen LogP contribution in [0.15, 0.2) is 24.3 Å². The average Bonchev–Trinajstić information content (AvgIpc) is 2.38. The third-order valence-corrected chi connectivity index (χ3v) is 3.77. The van der Waals surface area contributed by atoms with E-state index >= 15 is 0 Å². The van der Waals surface area contributed by atoms with Gasteiger partial charge >= 0.3 is 12.8 Å². The summed E-state index contributed by atoms with van der Waals surface area (Å²) in [6, 6.07) is 6.15. The highest BCUT2D eigenvalue weighted by molar-refractivity contribution is 5.29. The van der Waals surface area contributed by atoms with Crippen LogP contribution in [0.25, 0.3) is 0 Å². The molecule has 0 N–H and O–H groups in total. The summed E-state index contributed by atoms with van der Waals surface area (Å²) in [7, 11) is 0. The Balaban J connectivity index is 1.94. The van der Waals surface area contributed by atoms with Crippen LogP contribution >= 0.6 is 0 Å². The molecule has 1 aliphatic rings. The van der Waals surface area contributed by atoms with Crippen LogP contribution in [0.5, 0.6) is 5.75 Å². The number of halogens is 5. The van der Waals surface area contributed by atoms with Crippen LogP contribution in [-0.2, 0) is 0 Å². The number of benzene rings is 1. The molecule has 1 aromatic rings. The van der Waals surface area contributed by atoms with E-state index in [1.54, 1.807) is 12.1 Å². The van der Waals surface area contributed by atoms with Crippen LogP contribution in [0.2, 0.25) is 0 Å². The predicted molar refractivity (Wildman–Crippen MR) is 63.8 cm³/mol. The van der Waals surface area contributed by atoms with E-state index in [0.717, 1.165) is 5.56 Å². The fourth-order valence-corrected chi connectivity index (χ4v) is 2.68. The second kappa shape index (κ2) is 5.97. The minimum Gasteiger partial charge on any atom is -0.435 e. The summed E-state index contributed by atoms with van der Waals surface area (Å²) in [5, 5.41) is 0. The van der Waals surface area contributed by atoms with Gasteiger partial charge in [-0.2, -0.15) is 22.0 Å². The maximum atomic E-state index is 12.6. The van der Waals surface area contributed by atoms with E-state index in [1.165, 1.54) is 12.1 Å². The van der Waals surface area contributed by atoms with Crippen molar-refractivity contribution in [3.8, 4) is 5.75 Å². The summed E-state index contributed by atoms with van der Waals surface area (Å²) in [5.74, 6) is -1.08. The molecule has 0 radical (unpaired) electrons. The molecule has 1 aromatic carbocycles. The summed E-state index contributed by atoms with van der Waals surface area (Å²) in [5.41, 5.74) is 0.882. The molecule has 0 aliphatic heterocycles. The highest BCUT2D eigenvalue weighted by atomic mass is 19.4. The van der Waals surface area contributed by atoms with Gasteiger partial charge in [0, 0.05) is 0 Å². The average molecular weight is 294 g/mol. The van der Waals surface area contributed by atoms with Crippen molar-refractivity contribution in [1.29, 1.82) is 0 Å². The Morgan fingerprint density at radius 1 is 0.950 bits per heavy atom. The normalized spacial score (nSPS) is 23.9. The van der Waals surface area contributed by atoms with Crippen molar-refractivity contribution >= 4 is 0 Å². The summed E-state index contributed by atoms with van der Waals surface area (Å²) >= 11 is 0. The van der Waals surface area contributed by atoms with Gasteiger partial charge in [0.2, 0.25) is 0 Å². The van der Waals surface area contributed by atoms with Gasteiger partial charge in [-0.1, -0.05) is 12.1 Å². The van der Waals surface area contributed by atoms with E-state index in [4.69, 9.17) is 0 Å². The second-order valence-corrected chi connectivity index (χ2v) is 5.04. The number of rotatable bonds is 3. The topological polar surface area (TPSA) is 9.23 Å². The predicted octanol–water partition coefficient (Wildman–Crippen LogP) is 5.12. The Bertz CT molecular complexity index is 418. The highest BCUT2D eigenvalue weighted by Crippen LogP contribution is 2.43. The monoisotopic (exact) mass is 294 g/mol. The third-order valence-electron chi connectivity index (χ3n) is 3.77. The van der Waals surface area contributed by atoms with Gasteiger partial charge in [0.1, 0.15) is 5.75 Å². The molecule has 0 heterocycles. The first-order valence-electron chi connectivity index (χ1n) is 6.47. The Labute approximate surface area is 113 Å². The summed E-state index contributed by atoms with van der Waals surface area (Å²) in [4.78, 5) is 0. The molecule has 112 valence electrons. The van der Waals surface area contributed by atoms with Crippen LogP contribution in [0.4, 0.5) is 22.0 Å². The fourth-order valence-electron chi connectivity index (χ4n) is 2.68. The van der Waals surface area contributed by atoms with Gasteiger partial charge in [-0.25, -0.2) is 0 Å². The Morgan fingerprint density at radius 3 is 1.95 bits per heavy atom. The smallest absolute Gasteiger partial charge is 0.391 e. The first kappa shape index (κ1) is 15.1. The molecule has 0 spiro atoms. The fraction of sp³-hybridized carbons (Fsp3) is 0.571. The molecule has 2 rings (SSSR count). The minimum absolute atomic E-state index is 0.0627. The maximum absolute atomic E-state index is 12.6. The van der Waals surface area contributed by atoms with Crippen molar-refractivity contribution < 1.29 is 26.7 Å². The second-order valence-electron chi connectivity index (χ2n) is 5.04. The standard InChI is InChI=1S/C14H15F5O/c15-13(16)20-12-7-3-10(4-8-12)9-1-5-11(6-2-9)14(17,18)19/h3-4,7-9,11,13H,1-2,5-6H2. The molecule has 6 heteroatoms. The lowest BCUT2D eigenvalue weighted by Crippen LogP contribution is -2.27. The van der Waals surface area contributed by atoms with Crippen LogP contribution in [-0.4, -0.2) is 12.8 Å². The molecule has 1 fully saturated rings. The minimum atomic E-state index is -4.11. The van der Waals surface area contributed by atoms with E-state index < -0.39 is 18.7 Å². The molecule has 1 aliphatic carbocycles. The van der Waals surface area contributed by atoms with Gasteiger partial charge in [0.05, 0.1) is 5.92 Å². The molecular weight excluding hydrogens is 279 g/mol. The zero-order valence-electron chi connectivity index (χ0n) is 10.7. The van der Waals surface area contributed by atoms with E-state index in [2.05, 4.69) is 4.74 Å². The van der Waals surface area contributed by atoms with Crippen molar-refractivity contribution in [2.45, 2.75) is 44.4 Å². The molecule has 1 nitrogen and oxygen atoms in total. The quantitative estimate of drug-likeness (QED) is 0.703. The van der Waals surface area contributed by atoms with Crippen molar-refractivity contribution in [3.63, 3.8) is 0 Å². The lowest BCUT2D eigenvalue weighted by Gasteiger charge is -2.30. The van der Waals surface area contributed by atoms with Crippen LogP contribution in [0.3, 0.4) is 0 Å². The summed E-state index contributed by atoms with van der Waals surface area (Å²) in [6.45, 7) is -2.87. The SMILES string of the molecule is FC(F)Oc1ccc(C2CCC(C(F)(F)F)CC2)cc1. The van der Waals surface area contributed by atoms with E-state index in [0.29, 0.717) is 12.8 Å². The number of alkyl halides is 5. The van der Waals surface area contributed by atoms with Crippen molar-refractivity contribution in [2.24, 2.45) is 5.92 Å². The zero-order chi connectivity index (χ0) is 14.8. The molecular formula is C14H15F5O. The van der Waals surface area contributed by atoms with Crippen LogP contribution in [0.1, 0.15) is 37.2 Å². The number of hydrogen-bond donors (Lipinski definition) is 0. The molecule has 0 aromatic heterocycles. The van der Waals surface area contributed by atoms with Gasteiger partial charge in [-0.05, 0) is 49.3 Å².